The zero-order chi connectivity index (χ0) is 8.27. The van der Waals surface area contributed by atoms with Crippen LogP contribution in [0.4, 0.5) is 5.69 Å². The van der Waals surface area contributed by atoms with Gasteiger partial charge in [-0.3, -0.25) is 0 Å². The molecule has 1 aromatic rings. The maximum Gasteiger partial charge on any atom is 0.0361 e. The molecule has 0 radical (unpaired) electrons. The maximum absolute atomic E-state index is 5.56. The Morgan fingerprint density at radius 2 is 1.73 bits per heavy atom. The largest absolute Gasteiger partial charge is 0.378 e. The van der Waals surface area contributed by atoms with E-state index in [4.69, 9.17) is 10.7 Å². The first-order chi connectivity index (χ1) is 5.24. The van der Waals surface area contributed by atoms with Gasteiger partial charge in [0.05, 0.1) is 0 Å². The number of benzene rings is 1. The highest BCUT2D eigenvalue weighted by Gasteiger charge is 1.94. The first-order valence-corrected chi connectivity index (χ1v) is 4.94. The molecule has 3 heteroatoms. The molecule has 0 aliphatic rings. The summed E-state index contributed by atoms with van der Waals surface area (Å²) < 4.78 is 0. The Kier molecular flexibility index (Phi) is 3.09. The molecule has 0 saturated carbocycles. The molecule has 0 atom stereocenters. The minimum Gasteiger partial charge on any atom is -0.378 e. The van der Waals surface area contributed by atoms with Crippen LogP contribution in [0.2, 0.25) is 0 Å². The van der Waals surface area contributed by atoms with Gasteiger partial charge < -0.3 is 4.90 Å². The maximum atomic E-state index is 5.56. The molecule has 1 rings (SSSR count). The predicted octanol–water partition coefficient (Wildman–Crippen LogP) is 3.00. The van der Waals surface area contributed by atoms with Crippen LogP contribution in [0.15, 0.2) is 29.2 Å². The third-order valence-corrected chi connectivity index (χ3v) is 2.43. The van der Waals surface area contributed by atoms with Gasteiger partial charge in [0.25, 0.3) is 0 Å². The van der Waals surface area contributed by atoms with E-state index in [0.29, 0.717) is 0 Å². The smallest absolute Gasteiger partial charge is 0.0361 e. The van der Waals surface area contributed by atoms with Gasteiger partial charge >= 0.3 is 0 Å². The summed E-state index contributed by atoms with van der Waals surface area (Å²) in [5, 5.41) is 0. The van der Waals surface area contributed by atoms with Gasteiger partial charge in [0.2, 0.25) is 0 Å². The standard InChI is InChI=1S/C8H10ClNS/c1-10(2)7-3-5-8(11-9)6-4-7/h3-6H,1-2H3. The number of nitrogens with zero attached hydrogens (tertiary/aromatic N) is 1. The average molecular weight is 188 g/mol. The molecule has 0 aromatic heterocycles. The van der Waals surface area contributed by atoms with E-state index in [1.165, 1.54) is 16.7 Å². The van der Waals surface area contributed by atoms with Gasteiger partial charge in [-0.05, 0) is 45.9 Å². The monoisotopic (exact) mass is 187 g/mol. The van der Waals surface area contributed by atoms with E-state index >= 15 is 0 Å². The van der Waals surface area contributed by atoms with Crippen LogP contribution >= 0.6 is 21.7 Å². The Morgan fingerprint density at radius 1 is 1.18 bits per heavy atom. The van der Waals surface area contributed by atoms with Crippen molar-refractivity contribution in [1.82, 2.24) is 0 Å². The average Bonchev–Trinajstić information content (AvgIpc) is 2.05. The van der Waals surface area contributed by atoms with Gasteiger partial charge in [-0.1, -0.05) is 0 Å². The number of rotatable bonds is 2. The Morgan fingerprint density at radius 3 is 2.09 bits per heavy atom. The molecule has 0 heterocycles. The number of halogens is 1. The molecule has 0 spiro atoms. The molecule has 0 saturated heterocycles. The number of hydrogen-bond donors (Lipinski definition) is 0. The number of anilines is 1. The molecule has 0 fully saturated rings. The minimum atomic E-state index is 1.08. The third kappa shape index (κ3) is 2.31. The van der Waals surface area contributed by atoms with Crippen LogP contribution in [0.1, 0.15) is 0 Å². The SMILES string of the molecule is CN(C)c1ccc(SCl)cc1. The van der Waals surface area contributed by atoms with Crippen molar-refractivity contribution in [2.75, 3.05) is 19.0 Å². The number of hydrogen-bond acceptors (Lipinski definition) is 2. The van der Waals surface area contributed by atoms with Gasteiger partial charge in [-0.25, -0.2) is 0 Å². The van der Waals surface area contributed by atoms with Crippen molar-refractivity contribution < 1.29 is 0 Å². The van der Waals surface area contributed by atoms with E-state index in [-0.39, 0.29) is 0 Å². The summed E-state index contributed by atoms with van der Waals surface area (Å²) in [5.41, 5.74) is 1.19. The van der Waals surface area contributed by atoms with E-state index in [9.17, 15) is 0 Å². The molecule has 0 N–H and O–H groups in total. The van der Waals surface area contributed by atoms with Crippen molar-refractivity contribution in [2.24, 2.45) is 0 Å². The lowest BCUT2D eigenvalue weighted by atomic mass is 10.3. The van der Waals surface area contributed by atoms with Crippen molar-refractivity contribution in [1.29, 1.82) is 0 Å². The van der Waals surface area contributed by atoms with Crippen LogP contribution in [-0.2, 0) is 0 Å². The normalized spacial score (nSPS) is 9.73. The Bertz CT molecular complexity index is 220. The van der Waals surface area contributed by atoms with Crippen molar-refractivity contribution in [2.45, 2.75) is 4.90 Å². The van der Waals surface area contributed by atoms with Crippen LogP contribution in [0.3, 0.4) is 0 Å². The molecule has 0 amide bonds. The molecule has 0 bridgehead atoms. The highest BCUT2D eigenvalue weighted by Crippen LogP contribution is 2.23. The lowest BCUT2D eigenvalue weighted by Gasteiger charge is -2.11. The molecule has 1 nitrogen and oxygen atoms in total. The van der Waals surface area contributed by atoms with Crippen LogP contribution in [-0.4, -0.2) is 14.1 Å². The predicted molar refractivity (Wildman–Crippen MR) is 52.5 cm³/mol. The van der Waals surface area contributed by atoms with Crippen LogP contribution in [0, 0.1) is 0 Å². The fraction of sp³-hybridized carbons (Fsp3) is 0.250. The summed E-state index contributed by atoms with van der Waals surface area (Å²) in [7, 11) is 10.8. The molecular formula is C8H10ClNS. The van der Waals surface area contributed by atoms with Crippen LogP contribution < -0.4 is 4.90 Å². The Balaban J connectivity index is 2.83. The molecular weight excluding hydrogens is 178 g/mol. The lowest BCUT2D eigenvalue weighted by molar-refractivity contribution is 1.13. The van der Waals surface area contributed by atoms with E-state index in [0.717, 1.165) is 4.90 Å². The van der Waals surface area contributed by atoms with Crippen molar-refractivity contribution in [3.63, 3.8) is 0 Å². The second kappa shape index (κ2) is 3.88. The topological polar surface area (TPSA) is 3.24 Å². The Labute approximate surface area is 75.9 Å². The minimum absolute atomic E-state index is 1.08. The van der Waals surface area contributed by atoms with Gasteiger partial charge in [-0.15, -0.1) is 0 Å². The summed E-state index contributed by atoms with van der Waals surface area (Å²) in [5.74, 6) is 0. The summed E-state index contributed by atoms with van der Waals surface area (Å²) in [4.78, 5) is 3.14. The second-order valence-electron chi connectivity index (χ2n) is 2.47. The summed E-state index contributed by atoms with van der Waals surface area (Å²) >= 11 is 0. The summed E-state index contributed by atoms with van der Waals surface area (Å²) in [6, 6.07) is 8.11. The van der Waals surface area contributed by atoms with Gasteiger partial charge in [-0.2, -0.15) is 0 Å². The molecule has 0 unspecified atom stereocenters. The van der Waals surface area contributed by atoms with Crippen molar-refractivity contribution in [3.05, 3.63) is 24.3 Å². The van der Waals surface area contributed by atoms with E-state index in [1.807, 2.05) is 38.4 Å². The lowest BCUT2D eigenvalue weighted by Crippen LogP contribution is -2.07. The first-order valence-electron chi connectivity index (χ1n) is 3.30. The fourth-order valence-electron chi connectivity index (χ4n) is 0.796. The molecule has 1 aromatic carbocycles. The van der Waals surface area contributed by atoms with Crippen molar-refractivity contribution >= 4 is 27.3 Å². The van der Waals surface area contributed by atoms with E-state index < -0.39 is 0 Å². The zero-order valence-electron chi connectivity index (χ0n) is 6.54. The Hall–Kier alpha value is -0.340. The van der Waals surface area contributed by atoms with Crippen LogP contribution in [0.5, 0.6) is 0 Å². The van der Waals surface area contributed by atoms with Crippen LogP contribution in [0.25, 0.3) is 0 Å². The highest BCUT2D eigenvalue weighted by atomic mass is 35.7. The fourth-order valence-corrected chi connectivity index (χ4v) is 1.34. The summed E-state index contributed by atoms with van der Waals surface area (Å²) in [6.07, 6.45) is 0. The quantitative estimate of drug-likeness (QED) is 0.701. The third-order valence-electron chi connectivity index (χ3n) is 1.44. The van der Waals surface area contributed by atoms with Gasteiger partial charge in [0.15, 0.2) is 0 Å². The molecule has 60 valence electrons. The zero-order valence-corrected chi connectivity index (χ0v) is 8.12. The van der Waals surface area contributed by atoms with Gasteiger partial charge in [0, 0.05) is 24.7 Å². The van der Waals surface area contributed by atoms with Gasteiger partial charge in [0.1, 0.15) is 0 Å². The molecule has 0 aliphatic carbocycles. The van der Waals surface area contributed by atoms with E-state index in [2.05, 4.69) is 4.90 Å². The highest BCUT2D eigenvalue weighted by molar-refractivity contribution is 8.21. The van der Waals surface area contributed by atoms with Crippen molar-refractivity contribution in [3.8, 4) is 0 Å². The molecule has 0 aliphatic heterocycles. The molecule has 11 heavy (non-hydrogen) atoms. The first kappa shape index (κ1) is 8.75. The summed E-state index contributed by atoms with van der Waals surface area (Å²) in [6.45, 7) is 0. The van der Waals surface area contributed by atoms with E-state index in [1.54, 1.807) is 0 Å². The second-order valence-corrected chi connectivity index (χ2v) is 3.55.